The minimum absolute atomic E-state index is 0.0689. The molecule has 0 aliphatic carbocycles. The third-order valence-electron chi connectivity index (χ3n) is 4.48. The van der Waals surface area contributed by atoms with Gasteiger partial charge in [0.1, 0.15) is 0 Å². The van der Waals surface area contributed by atoms with Gasteiger partial charge in [0, 0.05) is 0 Å². The Morgan fingerprint density at radius 1 is 0.885 bits per heavy atom. The van der Waals surface area contributed by atoms with E-state index in [1.54, 1.807) is 12.1 Å². The first-order valence-corrected chi connectivity index (χ1v) is 12.5. The normalized spacial score (nSPS) is 11.3. The fourth-order valence-corrected chi connectivity index (χ4v) is 5.03. The predicted octanol–water partition coefficient (Wildman–Crippen LogP) is 6.43. The van der Waals surface area contributed by atoms with Crippen LogP contribution in [-0.2, 0) is 11.6 Å². The molecule has 1 radical (unpaired) electrons. The van der Waals surface area contributed by atoms with Crippen molar-refractivity contribution in [3.63, 3.8) is 0 Å². The molecule has 0 bridgehead atoms. The van der Waals surface area contributed by atoms with E-state index in [1.165, 1.54) is 37.7 Å². The molecular weight excluding hydrogens is 386 g/mol. The molecule has 2 aromatic carbocycles. The van der Waals surface area contributed by atoms with E-state index >= 15 is 0 Å². The standard InChI is InChI=1S/C23H31AsFO/c1-2-3-4-5-6-9-18-26-22-14-12-20(13-15-22)19-24-17-16-21-10-7-8-11-23(21)25/h7-8,10-15H,2-6,9,16-19H2,1H3. The number of unbranched alkanes of at least 4 members (excludes halogenated alkanes) is 5. The molecule has 141 valence electrons. The van der Waals surface area contributed by atoms with Crippen molar-refractivity contribution >= 4 is 15.8 Å². The summed E-state index contributed by atoms with van der Waals surface area (Å²) in [6, 6.07) is 15.6. The van der Waals surface area contributed by atoms with Crippen LogP contribution in [0.15, 0.2) is 48.5 Å². The van der Waals surface area contributed by atoms with E-state index in [4.69, 9.17) is 4.74 Å². The van der Waals surface area contributed by atoms with Gasteiger partial charge in [0.2, 0.25) is 0 Å². The van der Waals surface area contributed by atoms with Gasteiger partial charge in [-0.2, -0.15) is 0 Å². The van der Waals surface area contributed by atoms with Crippen molar-refractivity contribution in [2.45, 2.75) is 62.3 Å². The van der Waals surface area contributed by atoms with Gasteiger partial charge in [-0.1, -0.05) is 13.3 Å². The molecule has 0 aliphatic rings. The molecular formula is C23H31AsFO. The quantitative estimate of drug-likeness (QED) is 0.270. The number of aryl methyl sites for hydroxylation is 1. The molecule has 0 unspecified atom stereocenters. The fourth-order valence-electron chi connectivity index (χ4n) is 2.87. The summed E-state index contributed by atoms with van der Waals surface area (Å²) >= 11 is 0.217. The van der Waals surface area contributed by atoms with Crippen LogP contribution in [0.2, 0.25) is 5.21 Å². The Hall–Kier alpha value is -1.27. The third-order valence-corrected chi connectivity index (χ3v) is 6.85. The van der Waals surface area contributed by atoms with Crippen molar-refractivity contribution < 1.29 is 9.13 Å². The van der Waals surface area contributed by atoms with Gasteiger partial charge in [-0.15, -0.1) is 0 Å². The number of halogens is 1. The Bertz CT molecular complexity index is 612. The number of hydrogen-bond acceptors (Lipinski definition) is 1. The van der Waals surface area contributed by atoms with Crippen LogP contribution < -0.4 is 4.74 Å². The average molecular weight is 417 g/mol. The zero-order valence-corrected chi connectivity index (χ0v) is 17.8. The number of rotatable bonds is 13. The monoisotopic (exact) mass is 417 g/mol. The van der Waals surface area contributed by atoms with Crippen molar-refractivity contribution in [3.05, 3.63) is 65.5 Å². The molecule has 0 saturated heterocycles. The van der Waals surface area contributed by atoms with Crippen molar-refractivity contribution in [2.75, 3.05) is 6.61 Å². The Morgan fingerprint density at radius 3 is 2.38 bits per heavy atom. The van der Waals surface area contributed by atoms with E-state index < -0.39 is 0 Å². The summed E-state index contributed by atoms with van der Waals surface area (Å²) in [7, 11) is 0. The zero-order chi connectivity index (χ0) is 18.5. The molecule has 0 heterocycles. The molecule has 0 amide bonds. The molecule has 0 fully saturated rings. The summed E-state index contributed by atoms with van der Waals surface area (Å²) in [5, 5.41) is 2.23. The van der Waals surface area contributed by atoms with Gasteiger partial charge in [-0.25, -0.2) is 0 Å². The zero-order valence-electron chi connectivity index (χ0n) is 15.9. The van der Waals surface area contributed by atoms with Crippen molar-refractivity contribution in [2.24, 2.45) is 0 Å². The van der Waals surface area contributed by atoms with Crippen LogP contribution in [0.4, 0.5) is 4.39 Å². The average Bonchev–Trinajstić information content (AvgIpc) is 2.67. The van der Waals surface area contributed by atoms with Crippen LogP contribution in [0.3, 0.4) is 0 Å². The molecule has 1 nitrogen and oxygen atoms in total. The summed E-state index contributed by atoms with van der Waals surface area (Å²) < 4.78 is 19.4. The molecule has 0 N–H and O–H groups in total. The molecule has 0 aliphatic heterocycles. The number of benzene rings is 2. The molecule has 0 spiro atoms. The Kier molecular flexibility index (Phi) is 10.5. The van der Waals surface area contributed by atoms with Gasteiger partial charge < -0.3 is 0 Å². The van der Waals surface area contributed by atoms with Crippen LogP contribution in [0.5, 0.6) is 5.75 Å². The molecule has 2 rings (SSSR count). The fraction of sp³-hybridized carbons (Fsp3) is 0.478. The maximum atomic E-state index is 13.6. The molecule has 0 atom stereocenters. The molecule has 2 aromatic rings. The summed E-state index contributed by atoms with van der Waals surface area (Å²) in [5.41, 5.74) is 2.21. The molecule has 0 saturated carbocycles. The second kappa shape index (κ2) is 13.0. The van der Waals surface area contributed by atoms with E-state index in [9.17, 15) is 4.39 Å². The van der Waals surface area contributed by atoms with Crippen LogP contribution in [0.25, 0.3) is 0 Å². The second-order valence-corrected chi connectivity index (χ2v) is 9.25. The van der Waals surface area contributed by atoms with Gasteiger partial charge in [0.05, 0.1) is 0 Å². The van der Waals surface area contributed by atoms with Crippen molar-refractivity contribution in [1.29, 1.82) is 0 Å². The van der Waals surface area contributed by atoms with E-state index in [-0.39, 0.29) is 21.6 Å². The van der Waals surface area contributed by atoms with E-state index in [0.717, 1.165) is 41.2 Å². The van der Waals surface area contributed by atoms with Crippen LogP contribution in [-0.4, -0.2) is 22.4 Å². The van der Waals surface area contributed by atoms with Crippen LogP contribution >= 0.6 is 0 Å². The molecule has 26 heavy (non-hydrogen) atoms. The number of hydrogen-bond donors (Lipinski definition) is 0. The summed E-state index contributed by atoms with van der Waals surface area (Å²) in [5.74, 6) is 0.908. The second-order valence-electron chi connectivity index (χ2n) is 6.71. The summed E-state index contributed by atoms with van der Waals surface area (Å²) in [6.45, 7) is 3.07. The van der Waals surface area contributed by atoms with Gasteiger partial charge >= 0.3 is 152 Å². The maximum absolute atomic E-state index is 13.6. The van der Waals surface area contributed by atoms with E-state index in [0.29, 0.717) is 0 Å². The first-order valence-electron chi connectivity index (χ1n) is 9.88. The first-order chi connectivity index (χ1) is 12.8. The topological polar surface area (TPSA) is 9.23 Å². The summed E-state index contributed by atoms with van der Waals surface area (Å²) in [6.07, 6.45) is 8.60. The van der Waals surface area contributed by atoms with Gasteiger partial charge in [0.25, 0.3) is 0 Å². The minimum atomic E-state index is -0.0689. The SMILES string of the molecule is CCCCCCCCOc1ccc(C[As]CCc2ccccc2F)cc1. The molecule has 3 heteroatoms. The Morgan fingerprint density at radius 2 is 1.62 bits per heavy atom. The van der Waals surface area contributed by atoms with E-state index in [2.05, 4.69) is 31.2 Å². The Balaban J connectivity index is 1.58. The van der Waals surface area contributed by atoms with Crippen molar-refractivity contribution in [1.82, 2.24) is 0 Å². The number of ether oxygens (including phenoxy) is 1. The van der Waals surface area contributed by atoms with Gasteiger partial charge in [-0.3, -0.25) is 0 Å². The van der Waals surface area contributed by atoms with Gasteiger partial charge in [0.15, 0.2) is 0 Å². The molecule has 0 aromatic heterocycles. The van der Waals surface area contributed by atoms with Crippen LogP contribution in [0.1, 0.15) is 56.6 Å². The third kappa shape index (κ3) is 8.41. The summed E-state index contributed by atoms with van der Waals surface area (Å²) in [4.78, 5) is 0. The Labute approximate surface area is 165 Å². The first kappa shape index (κ1) is 21.0. The van der Waals surface area contributed by atoms with Gasteiger partial charge in [-0.05, 0) is 0 Å². The van der Waals surface area contributed by atoms with Crippen molar-refractivity contribution in [3.8, 4) is 5.75 Å². The van der Waals surface area contributed by atoms with Crippen LogP contribution in [0, 0.1) is 5.82 Å². The van der Waals surface area contributed by atoms with E-state index in [1.807, 2.05) is 12.1 Å². The predicted molar refractivity (Wildman–Crippen MR) is 110 cm³/mol.